The fourth-order valence-corrected chi connectivity index (χ4v) is 3.60. The summed E-state index contributed by atoms with van der Waals surface area (Å²) < 4.78 is 21.2. The molecule has 2 rings (SSSR count). The molecule has 1 unspecified atom stereocenters. The van der Waals surface area contributed by atoms with Crippen LogP contribution in [0.25, 0.3) is 0 Å². The van der Waals surface area contributed by atoms with Crippen LogP contribution in [0.1, 0.15) is 42.6 Å². The first kappa shape index (κ1) is 24.2. The summed E-state index contributed by atoms with van der Waals surface area (Å²) in [6.45, 7) is 8.22. The second kappa shape index (κ2) is 11.4. The number of esters is 2. The third kappa shape index (κ3) is 5.99. The van der Waals surface area contributed by atoms with Crippen LogP contribution in [0.5, 0.6) is 11.5 Å². The molecule has 1 saturated heterocycles. The fraction of sp³-hybridized carbons (Fsp3) is 0.522. The molecule has 1 heterocycles. The van der Waals surface area contributed by atoms with Crippen molar-refractivity contribution in [3.05, 3.63) is 35.9 Å². The number of hydrogen-bond donors (Lipinski definition) is 0. The first-order valence-corrected chi connectivity index (χ1v) is 10.4. The first-order chi connectivity index (χ1) is 14.9. The standard InChI is InChI=1S/C23H31NO7/c1-6-8-17-13-18(14-19(28-4)20(17)29-5)23(27)31-15(3)21(25)24-11-9-16(10-12-24)22(26)30-7-2/h6,13-16H,1,7-12H2,2-5H3. The van der Waals surface area contributed by atoms with E-state index in [1.165, 1.54) is 20.3 Å². The molecular weight excluding hydrogens is 402 g/mol. The van der Waals surface area contributed by atoms with Crippen molar-refractivity contribution in [2.45, 2.75) is 39.2 Å². The van der Waals surface area contributed by atoms with Gasteiger partial charge in [0, 0.05) is 18.7 Å². The van der Waals surface area contributed by atoms with Crippen LogP contribution in [0.4, 0.5) is 0 Å². The minimum absolute atomic E-state index is 0.197. The van der Waals surface area contributed by atoms with Crippen LogP contribution in [0.2, 0.25) is 0 Å². The highest BCUT2D eigenvalue weighted by molar-refractivity contribution is 5.93. The molecule has 0 N–H and O–H groups in total. The number of methoxy groups -OCH3 is 2. The second-order valence-electron chi connectivity index (χ2n) is 7.26. The van der Waals surface area contributed by atoms with Crippen molar-refractivity contribution in [1.82, 2.24) is 4.90 Å². The largest absolute Gasteiger partial charge is 0.493 e. The molecule has 1 aromatic rings. The van der Waals surface area contributed by atoms with Crippen molar-refractivity contribution in [2.75, 3.05) is 33.9 Å². The Balaban J connectivity index is 2.03. The number of carbonyl (C=O) groups excluding carboxylic acids is 3. The Labute approximate surface area is 183 Å². The number of allylic oxidation sites excluding steroid dienone is 1. The lowest BCUT2D eigenvalue weighted by Crippen LogP contribution is -2.45. The average Bonchev–Trinajstić information content (AvgIpc) is 2.78. The smallest absolute Gasteiger partial charge is 0.339 e. The van der Waals surface area contributed by atoms with Gasteiger partial charge in [-0.25, -0.2) is 4.79 Å². The van der Waals surface area contributed by atoms with Gasteiger partial charge in [-0.3, -0.25) is 9.59 Å². The number of carbonyl (C=O) groups is 3. The Morgan fingerprint density at radius 2 is 1.87 bits per heavy atom. The molecule has 0 spiro atoms. The van der Waals surface area contributed by atoms with Gasteiger partial charge in [-0.05, 0) is 45.2 Å². The quantitative estimate of drug-likeness (QED) is 0.437. The van der Waals surface area contributed by atoms with Crippen LogP contribution in [-0.4, -0.2) is 62.8 Å². The van der Waals surface area contributed by atoms with Gasteiger partial charge in [0.2, 0.25) is 0 Å². The predicted octanol–water partition coefficient (Wildman–Crippen LogP) is 2.78. The van der Waals surface area contributed by atoms with E-state index in [0.717, 1.165) is 5.56 Å². The van der Waals surface area contributed by atoms with Crippen LogP contribution in [0, 0.1) is 5.92 Å². The molecule has 31 heavy (non-hydrogen) atoms. The Hall–Kier alpha value is -3.03. The number of amides is 1. The molecule has 1 aliphatic heterocycles. The molecule has 8 nitrogen and oxygen atoms in total. The second-order valence-corrected chi connectivity index (χ2v) is 7.26. The van der Waals surface area contributed by atoms with Crippen LogP contribution in [0.15, 0.2) is 24.8 Å². The Kier molecular flexibility index (Phi) is 8.90. The van der Waals surface area contributed by atoms with Gasteiger partial charge in [-0.1, -0.05) is 6.08 Å². The van der Waals surface area contributed by atoms with E-state index in [1.807, 2.05) is 0 Å². The van der Waals surface area contributed by atoms with Crippen molar-refractivity contribution in [2.24, 2.45) is 5.92 Å². The number of hydrogen-bond acceptors (Lipinski definition) is 7. The molecule has 0 bridgehead atoms. The number of likely N-dealkylation sites (tertiary alicyclic amines) is 1. The van der Waals surface area contributed by atoms with E-state index in [9.17, 15) is 14.4 Å². The zero-order valence-electron chi connectivity index (χ0n) is 18.6. The number of ether oxygens (including phenoxy) is 4. The summed E-state index contributed by atoms with van der Waals surface area (Å²) in [6, 6.07) is 3.17. The fourth-order valence-electron chi connectivity index (χ4n) is 3.60. The highest BCUT2D eigenvalue weighted by Crippen LogP contribution is 2.33. The third-order valence-corrected chi connectivity index (χ3v) is 5.21. The monoisotopic (exact) mass is 433 g/mol. The van der Waals surface area contributed by atoms with Gasteiger partial charge in [-0.15, -0.1) is 6.58 Å². The zero-order chi connectivity index (χ0) is 23.0. The summed E-state index contributed by atoms with van der Waals surface area (Å²) in [6.07, 6.45) is 2.28. The van der Waals surface area contributed by atoms with E-state index >= 15 is 0 Å². The van der Waals surface area contributed by atoms with E-state index in [0.29, 0.717) is 50.5 Å². The zero-order valence-corrected chi connectivity index (χ0v) is 18.6. The van der Waals surface area contributed by atoms with Crippen molar-refractivity contribution in [3.8, 4) is 11.5 Å². The molecule has 0 radical (unpaired) electrons. The van der Waals surface area contributed by atoms with Gasteiger partial charge in [0.1, 0.15) is 0 Å². The Morgan fingerprint density at radius 3 is 2.42 bits per heavy atom. The summed E-state index contributed by atoms with van der Waals surface area (Å²) in [5.74, 6) is -0.424. The number of nitrogens with zero attached hydrogens (tertiary/aromatic N) is 1. The lowest BCUT2D eigenvalue weighted by molar-refractivity contribution is -0.152. The number of piperidine rings is 1. The molecule has 0 saturated carbocycles. The SMILES string of the molecule is C=CCc1cc(C(=O)OC(C)C(=O)N2CCC(C(=O)OCC)CC2)cc(OC)c1OC. The van der Waals surface area contributed by atoms with Crippen LogP contribution >= 0.6 is 0 Å². The van der Waals surface area contributed by atoms with E-state index in [4.69, 9.17) is 18.9 Å². The molecule has 0 aliphatic carbocycles. The van der Waals surface area contributed by atoms with E-state index < -0.39 is 12.1 Å². The minimum atomic E-state index is -0.956. The number of rotatable bonds is 9. The van der Waals surface area contributed by atoms with Crippen molar-refractivity contribution in [1.29, 1.82) is 0 Å². The van der Waals surface area contributed by atoms with Gasteiger partial charge in [0.05, 0.1) is 32.3 Å². The molecule has 1 amide bonds. The maximum atomic E-state index is 12.7. The van der Waals surface area contributed by atoms with Crippen LogP contribution in [-0.2, 0) is 25.5 Å². The minimum Gasteiger partial charge on any atom is -0.493 e. The molecular formula is C23H31NO7. The normalized spacial score (nSPS) is 15.0. The maximum absolute atomic E-state index is 12.7. The van der Waals surface area contributed by atoms with Gasteiger partial charge in [0.15, 0.2) is 17.6 Å². The topological polar surface area (TPSA) is 91.4 Å². The molecule has 8 heteroatoms. The molecule has 1 aliphatic rings. The van der Waals surface area contributed by atoms with Gasteiger partial charge < -0.3 is 23.8 Å². The van der Waals surface area contributed by atoms with Gasteiger partial charge >= 0.3 is 11.9 Å². The molecule has 170 valence electrons. The molecule has 1 fully saturated rings. The van der Waals surface area contributed by atoms with E-state index in [-0.39, 0.29) is 23.4 Å². The first-order valence-electron chi connectivity index (χ1n) is 10.4. The summed E-state index contributed by atoms with van der Waals surface area (Å²) in [4.78, 5) is 38.9. The lowest BCUT2D eigenvalue weighted by atomic mass is 9.96. The summed E-state index contributed by atoms with van der Waals surface area (Å²) >= 11 is 0. The highest BCUT2D eigenvalue weighted by Gasteiger charge is 2.31. The Bertz CT molecular complexity index is 812. The molecule has 1 aromatic carbocycles. The van der Waals surface area contributed by atoms with Crippen LogP contribution < -0.4 is 9.47 Å². The third-order valence-electron chi connectivity index (χ3n) is 5.21. The van der Waals surface area contributed by atoms with Gasteiger partial charge in [-0.2, -0.15) is 0 Å². The maximum Gasteiger partial charge on any atom is 0.339 e. The van der Waals surface area contributed by atoms with Crippen LogP contribution in [0.3, 0.4) is 0 Å². The number of benzene rings is 1. The summed E-state index contributed by atoms with van der Waals surface area (Å²) in [5, 5.41) is 0. The van der Waals surface area contributed by atoms with Crippen molar-refractivity contribution >= 4 is 17.8 Å². The van der Waals surface area contributed by atoms with E-state index in [2.05, 4.69) is 6.58 Å². The Morgan fingerprint density at radius 1 is 1.19 bits per heavy atom. The van der Waals surface area contributed by atoms with Crippen molar-refractivity contribution < 1.29 is 33.3 Å². The van der Waals surface area contributed by atoms with Gasteiger partial charge in [0.25, 0.3) is 5.91 Å². The van der Waals surface area contributed by atoms with E-state index in [1.54, 1.807) is 30.9 Å². The highest BCUT2D eigenvalue weighted by atomic mass is 16.5. The average molecular weight is 434 g/mol. The lowest BCUT2D eigenvalue weighted by Gasteiger charge is -2.32. The molecule has 0 aromatic heterocycles. The molecule has 1 atom stereocenters. The summed E-state index contributed by atoms with van der Waals surface area (Å²) in [7, 11) is 3.00. The predicted molar refractivity (Wildman–Crippen MR) is 114 cm³/mol. The summed E-state index contributed by atoms with van der Waals surface area (Å²) in [5.41, 5.74) is 0.985. The van der Waals surface area contributed by atoms with Crippen molar-refractivity contribution in [3.63, 3.8) is 0 Å².